The molecule has 0 spiro atoms. The third-order valence-electron chi connectivity index (χ3n) is 3.42. The maximum Gasteiger partial charge on any atom is 0.258 e. The summed E-state index contributed by atoms with van der Waals surface area (Å²) in [6.07, 6.45) is 1.30. The van der Waals surface area contributed by atoms with E-state index < -0.39 is 0 Å². The van der Waals surface area contributed by atoms with Crippen LogP contribution in [-0.2, 0) is 0 Å². The van der Waals surface area contributed by atoms with Crippen molar-refractivity contribution in [2.24, 2.45) is 5.92 Å². The van der Waals surface area contributed by atoms with E-state index in [9.17, 15) is 9.90 Å². The summed E-state index contributed by atoms with van der Waals surface area (Å²) in [6.45, 7) is 0.567. The molecule has 2 rings (SSSR count). The van der Waals surface area contributed by atoms with Gasteiger partial charge in [-0.05, 0) is 30.9 Å². The van der Waals surface area contributed by atoms with Crippen LogP contribution in [-0.4, -0.2) is 37.9 Å². The van der Waals surface area contributed by atoms with E-state index in [0.29, 0.717) is 29.5 Å². The highest BCUT2D eigenvalue weighted by Crippen LogP contribution is 2.29. The maximum absolute atomic E-state index is 12.2. The molecule has 0 atom stereocenters. The molecule has 1 aliphatic rings. The zero-order valence-corrected chi connectivity index (χ0v) is 11.2. The normalized spacial score (nSPS) is 21.4. The minimum Gasteiger partial charge on any atom is -0.496 e. The predicted molar refractivity (Wildman–Crippen MR) is 70.6 cm³/mol. The summed E-state index contributed by atoms with van der Waals surface area (Å²) in [5, 5.41) is 12.1. The number of ether oxygens (including phenoxy) is 2. The van der Waals surface area contributed by atoms with Crippen LogP contribution >= 0.6 is 0 Å². The van der Waals surface area contributed by atoms with Crippen molar-refractivity contribution >= 4 is 5.91 Å². The molecule has 1 aromatic rings. The molecule has 1 saturated carbocycles. The summed E-state index contributed by atoms with van der Waals surface area (Å²) >= 11 is 0. The highest BCUT2D eigenvalue weighted by Gasteiger charge is 2.28. The van der Waals surface area contributed by atoms with Gasteiger partial charge in [0.25, 0.3) is 5.91 Å². The lowest BCUT2D eigenvalue weighted by Gasteiger charge is -2.31. The molecule has 1 amide bonds. The van der Waals surface area contributed by atoms with Gasteiger partial charge in [0.15, 0.2) is 0 Å². The maximum atomic E-state index is 12.2. The van der Waals surface area contributed by atoms with Crippen LogP contribution in [0.4, 0.5) is 0 Å². The summed E-state index contributed by atoms with van der Waals surface area (Å²) in [4.78, 5) is 12.2. The Bertz CT molecular complexity index is 433. The third-order valence-corrected chi connectivity index (χ3v) is 3.42. The molecule has 5 heteroatoms. The van der Waals surface area contributed by atoms with E-state index in [2.05, 4.69) is 5.32 Å². The lowest BCUT2D eigenvalue weighted by molar-refractivity contribution is 0.0419. The van der Waals surface area contributed by atoms with Gasteiger partial charge in [-0.15, -0.1) is 0 Å². The highest BCUT2D eigenvalue weighted by molar-refractivity contribution is 5.99. The van der Waals surface area contributed by atoms with Crippen molar-refractivity contribution in [3.05, 3.63) is 23.8 Å². The zero-order chi connectivity index (χ0) is 13.8. The van der Waals surface area contributed by atoms with E-state index in [1.165, 1.54) is 14.2 Å². The molecule has 0 aromatic heterocycles. The van der Waals surface area contributed by atoms with Crippen molar-refractivity contribution in [3.63, 3.8) is 0 Å². The predicted octanol–water partition coefficient (Wildman–Crippen LogP) is 1.20. The third kappa shape index (κ3) is 2.98. The Morgan fingerprint density at radius 3 is 2.37 bits per heavy atom. The molecule has 1 aromatic carbocycles. The fraction of sp³-hybridized carbons (Fsp3) is 0.500. The molecule has 0 radical (unpaired) electrons. The van der Waals surface area contributed by atoms with E-state index in [0.717, 1.165) is 12.8 Å². The average molecular weight is 265 g/mol. The van der Waals surface area contributed by atoms with Gasteiger partial charge in [0.1, 0.15) is 17.1 Å². The largest absolute Gasteiger partial charge is 0.496 e. The number of hydrogen-bond donors (Lipinski definition) is 2. The molecule has 104 valence electrons. The molecular formula is C14H19NO4. The Morgan fingerprint density at radius 1 is 1.32 bits per heavy atom. The van der Waals surface area contributed by atoms with Gasteiger partial charge in [-0.3, -0.25) is 4.79 Å². The van der Waals surface area contributed by atoms with Crippen molar-refractivity contribution in [2.75, 3.05) is 20.8 Å². The fourth-order valence-corrected chi connectivity index (χ4v) is 2.27. The fourth-order valence-electron chi connectivity index (χ4n) is 2.27. The van der Waals surface area contributed by atoms with Gasteiger partial charge in [-0.1, -0.05) is 6.07 Å². The first-order valence-corrected chi connectivity index (χ1v) is 6.33. The van der Waals surface area contributed by atoms with E-state index in [-0.39, 0.29) is 12.0 Å². The van der Waals surface area contributed by atoms with E-state index in [4.69, 9.17) is 9.47 Å². The van der Waals surface area contributed by atoms with Crippen LogP contribution in [0.25, 0.3) is 0 Å². The SMILES string of the molecule is COc1cccc(OC)c1C(=O)NCC1CC(O)C1. The van der Waals surface area contributed by atoms with Gasteiger partial charge in [0.2, 0.25) is 0 Å². The van der Waals surface area contributed by atoms with Crippen molar-refractivity contribution in [2.45, 2.75) is 18.9 Å². The molecule has 2 N–H and O–H groups in total. The van der Waals surface area contributed by atoms with Crippen LogP contribution in [0.3, 0.4) is 0 Å². The van der Waals surface area contributed by atoms with Crippen LogP contribution < -0.4 is 14.8 Å². The summed E-state index contributed by atoms with van der Waals surface area (Å²) in [7, 11) is 3.04. The summed E-state index contributed by atoms with van der Waals surface area (Å²) < 4.78 is 10.4. The van der Waals surface area contributed by atoms with Gasteiger partial charge >= 0.3 is 0 Å². The van der Waals surface area contributed by atoms with Gasteiger partial charge in [0.05, 0.1) is 20.3 Å². The number of aliphatic hydroxyl groups is 1. The molecule has 0 heterocycles. The standard InChI is InChI=1S/C14H19NO4/c1-18-11-4-3-5-12(19-2)13(11)14(17)15-8-9-6-10(16)7-9/h3-5,9-10,16H,6-8H2,1-2H3,(H,15,17). The van der Waals surface area contributed by atoms with Crippen LogP contribution in [0.1, 0.15) is 23.2 Å². The molecule has 0 aliphatic heterocycles. The van der Waals surface area contributed by atoms with E-state index in [1.54, 1.807) is 18.2 Å². The average Bonchev–Trinajstić information content (AvgIpc) is 2.40. The van der Waals surface area contributed by atoms with Crippen LogP contribution in [0, 0.1) is 5.92 Å². The van der Waals surface area contributed by atoms with Crippen LogP contribution in [0.15, 0.2) is 18.2 Å². The van der Waals surface area contributed by atoms with Crippen molar-refractivity contribution < 1.29 is 19.4 Å². The summed E-state index contributed by atoms with van der Waals surface area (Å²) in [5.41, 5.74) is 0.410. The van der Waals surface area contributed by atoms with Gasteiger partial charge < -0.3 is 19.9 Å². The number of rotatable bonds is 5. The first-order chi connectivity index (χ1) is 9.15. The lowest BCUT2D eigenvalue weighted by atomic mass is 9.82. The smallest absolute Gasteiger partial charge is 0.258 e. The number of amides is 1. The second kappa shape index (κ2) is 5.93. The van der Waals surface area contributed by atoms with Crippen LogP contribution in [0.5, 0.6) is 11.5 Å². The number of aliphatic hydroxyl groups excluding tert-OH is 1. The topological polar surface area (TPSA) is 67.8 Å². The monoisotopic (exact) mass is 265 g/mol. The molecule has 5 nitrogen and oxygen atoms in total. The Balaban J connectivity index is 2.05. The molecular weight excluding hydrogens is 246 g/mol. The quantitative estimate of drug-likeness (QED) is 0.839. The number of carbonyl (C=O) groups is 1. The molecule has 0 unspecified atom stereocenters. The minimum absolute atomic E-state index is 0.206. The molecule has 19 heavy (non-hydrogen) atoms. The van der Waals surface area contributed by atoms with E-state index in [1.807, 2.05) is 0 Å². The second-order valence-corrected chi connectivity index (χ2v) is 4.74. The summed E-state index contributed by atoms with van der Waals surface area (Å²) in [6, 6.07) is 5.23. The Labute approximate surface area is 112 Å². The zero-order valence-electron chi connectivity index (χ0n) is 11.2. The van der Waals surface area contributed by atoms with Gasteiger partial charge in [0, 0.05) is 6.54 Å². The number of hydrogen-bond acceptors (Lipinski definition) is 4. The minimum atomic E-state index is -0.212. The van der Waals surface area contributed by atoms with E-state index >= 15 is 0 Å². The molecule has 1 fully saturated rings. The molecule has 0 bridgehead atoms. The Hall–Kier alpha value is -1.75. The first kappa shape index (κ1) is 13.7. The van der Waals surface area contributed by atoms with Crippen LogP contribution in [0.2, 0.25) is 0 Å². The van der Waals surface area contributed by atoms with Gasteiger partial charge in [-0.2, -0.15) is 0 Å². The lowest BCUT2D eigenvalue weighted by Crippen LogP contribution is -2.38. The number of methoxy groups -OCH3 is 2. The highest BCUT2D eigenvalue weighted by atomic mass is 16.5. The number of benzene rings is 1. The van der Waals surface area contributed by atoms with Crippen molar-refractivity contribution in [1.82, 2.24) is 5.32 Å². The molecule has 1 aliphatic carbocycles. The number of nitrogens with one attached hydrogen (secondary N) is 1. The second-order valence-electron chi connectivity index (χ2n) is 4.74. The van der Waals surface area contributed by atoms with Crippen molar-refractivity contribution in [1.29, 1.82) is 0 Å². The van der Waals surface area contributed by atoms with Crippen molar-refractivity contribution in [3.8, 4) is 11.5 Å². The molecule has 0 saturated heterocycles. The Kier molecular flexibility index (Phi) is 4.27. The Morgan fingerprint density at radius 2 is 1.89 bits per heavy atom. The number of carbonyl (C=O) groups excluding carboxylic acids is 1. The first-order valence-electron chi connectivity index (χ1n) is 6.33. The summed E-state index contributed by atoms with van der Waals surface area (Å²) in [5.74, 6) is 1.13. The van der Waals surface area contributed by atoms with Gasteiger partial charge in [-0.25, -0.2) is 0 Å².